The van der Waals surface area contributed by atoms with E-state index in [-0.39, 0.29) is 16.7 Å². The van der Waals surface area contributed by atoms with Crippen LogP contribution in [0.3, 0.4) is 0 Å². The maximum atomic E-state index is 12.8. The van der Waals surface area contributed by atoms with Gasteiger partial charge in [-0.3, -0.25) is 9.59 Å². The first-order chi connectivity index (χ1) is 9.39. The van der Waals surface area contributed by atoms with Gasteiger partial charge in [0, 0.05) is 11.1 Å². The van der Waals surface area contributed by atoms with Gasteiger partial charge in [-0.05, 0) is 29.3 Å². The van der Waals surface area contributed by atoms with Gasteiger partial charge in [-0.25, -0.2) is 0 Å². The van der Waals surface area contributed by atoms with E-state index < -0.39 is 23.3 Å². The lowest BCUT2D eigenvalue weighted by atomic mass is 9.83. The Balaban J connectivity index is 2.32. The molecule has 0 N–H and O–H groups in total. The zero-order valence-corrected chi connectivity index (χ0v) is 9.99. The van der Waals surface area contributed by atoms with Crippen molar-refractivity contribution in [3.8, 4) is 11.1 Å². The Morgan fingerprint density at radius 3 is 1.85 bits per heavy atom. The Labute approximate surface area is 111 Å². The zero-order valence-electron chi connectivity index (χ0n) is 9.99. The summed E-state index contributed by atoms with van der Waals surface area (Å²) in [5.41, 5.74) is -0.169. The highest BCUT2D eigenvalue weighted by molar-refractivity contribution is 6.52. The number of halogens is 3. The molecule has 3 rings (SSSR count). The highest BCUT2D eigenvalue weighted by Crippen LogP contribution is 2.38. The average molecular weight is 276 g/mol. The summed E-state index contributed by atoms with van der Waals surface area (Å²) in [7, 11) is 0. The summed E-state index contributed by atoms with van der Waals surface area (Å²) in [5, 5.41) is 0. The number of hydrogen-bond donors (Lipinski definition) is 0. The van der Waals surface area contributed by atoms with Crippen LogP contribution in [0.25, 0.3) is 11.1 Å². The number of carbonyl (C=O) groups is 2. The average Bonchev–Trinajstić information content (AvgIpc) is 2.43. The van der Waals surface area contributed by atoms with Crippen molar-refractivity contribution < 1.29 is 22.8 Å². The second kappa shape index (κ2) is 4.03. The third kappa shape index (κ3) is 1.74. The van der Waals surface area contributed by atoms with Gasteiger partial charge >= 0.3 is 6.18 Å². The number of fused-ring (bicyclic) bond motifs is 3. The molecule has 2 aromatic rings. The Hall–Kier alpha value is -2.43. The Morgan fingerprint density at radius 1 is 0.700 bits per heavy atom. The second-order valence-electron chi connectivity index (χ2n) is 4.46. The Bertz CT molecular complexity index is 745. The summed E-state index contributed by atoms with van der Waals surface area (Å²) in [6.07, 6.45) is -4.49. The van der Waals surface area contributed by atoms with Crippen LogP contribution in [0.2, 0.25) is 0 Å². The molecule has 0 amide bonds. The van der Waals surface area contributed by atoms with E-state index in [4.69, 9.17) is 0 Å². The number of Topliss-reactive ketones (excluding diaryl/α,β-unsaturated/α-hetero) is 2. The van der Waals surface area contributed by atoms with Gasteiger partial charge in [0.25, 0.3) is 0 Å². The molecule has 0 aromatic heterocycles. The summed E-state index contributed by atoms with van der Waals surface area (Å²) >= 11 is 0. The molecule has 0 fully saturated rings. The lowest BCUT2D eigenvalue weighted by Gasteiger charge is -2.19. The van der Waals surface area contributed by atoms with Crippen molar-refractivity contribution in [2.75, 3.05) is 0 Å². The number of rotatable bonds is 0. The van der Waals surface area contributed by atoms with Crippen LogP contribution in [0.4, 0.5) is 13.2 Å². The summed E-state index contributed by atoms with van der Waals surface area (Å²) in [6, 6.07) is 8.97. The molecule has 0 spiro atoms. The van der Waals surface area contributed by atoms with E-state index in [1.165, 1.54) is 6.07 Å². The molecule has 5 heteroatoms. The molecular formula is C15H7F3O2. The van der Waals surface area contributed by atoms with Crippen LogP contribution < -0.4 is 0 Å². The lowest BCUT2D eigenvalue weighted by molar-refractivity contribution is -0.137. The first-order valence-electron chi connectivity index (χ1n) is 5.79. The van der Waals surface area contributed by atoms with Crippen LogP contribution in [0.1, 0.15) is 26.3 Å². The molecule has 1 aliphatic carbocycles. The van der Waals surface area contributed by atoms with Gasteiger partial charge in [0.05, 0.1) is 5.56 Å². The monoisotopic (exact) mass is 276 g/mol. The van der Waals surface area contributed by atoms with Crippen molar-refractivity contribution in [1.29, 1.82) is 0 Å². The van der Waals surface area contributed by atoms with Gasteiger partial charge in [0.15, 0.2) is 0 Å². The van der Waals surface area contributed by atoms with Crippen molar-refractivity contribution in [1.82, 2.24) is 0 Å². The SMILES string of the molecule is O=C1C(=O)c2ccc(C(F)(F)F)cc2-c2ccccc21. The van der Waals surface area contributed by atoms with Crippen molar-refractivity contribution in [2.24, 2.45) is 0 Å². The molecule has 2 nitrogen and oxygen atoms in total. The molecule has 1 aliphatic rings. The smallest absolute Gasteiger partial charge is 0.285 e. The lowest BCUT2D eigenvalue weighted by Crippen LogP contribution is -2.21. The molecule has 0 atom stereocenters. The Kier molecular flexibility index (Phi) is 2.54. The largest absolute Gasteiger partial charge is 0.416 e. The van der Waals surface area contributed by atoms with E-state index in [2.05, 4.69) is 0 Å². The zero-order chi connectivity index (χ0) is 14.5. The van der Waals surface area contributed by atoms with Crippen molar-refractivity contribution in [3.63, 3.8) is 0 Å². The van der Waals surface area contributed by atoms with E-state index in [0.29, 0.717) is 5.56 Å². The quantitative estimate of drug-likeness (QED) is 0.687. The standard InChI is InChI=1S/C15H7F3O2/c16-15(17,18)8-5-6-11-12(7-8)9-3-1-2-4-10(9)13(19)14(11)20/h1-7H. The van der Waals surface area contributed by atoms with Crippen LogP contribution in [0.15, 0.2) is 42.5 Å². The van der Waals surface area contributed by atoms with Crippen molar-refractivity contribution in [3.05, 3.63) is 59.2 Å². The van der Waals surface area contributed by atoms with Crippen LogP contribution in [-0.4, -0.2) is 11.6 Å². The van der Waals surface area contributed by atoms with E-state index in [1.54, 1.807) is 18.2 Å². The van der Waals surface area contributed by atoms with Crippen molar-refractivity contribution >= 4 is 11.6 Å². The fourth-order valence-corrected chi connectivity index (χ4v) is 2.30. The van der Waals surface area contributed by atoms with Crippen LogP contribution in [0.5, 0.6) is 0 Å². The normalized spacial score (nSPS) is 13.9. The molecule has 0 heterocycles. The minimum absolute atomic E-state index is 0.0155. The van der Waals surface area contributed by atoms with Crippen LogP contribution in [-0.2, 0) is 6.18 Å². The summed E-state index contributed by atoms with van der Waals surface area (Å²) in [4.78, 5) is 23.8. The maximum absolute atomic E-state index is 12.8. The van der Waals surface area contributed by atoms with Gasteiger partial charge < -0.3 is 0 Å². The van der Waals surface area contributed by atoms with Crippen LogP contribution in [0, 0.1) is 0 Å². The molecule has 0 saturated heterocycles. The van der Waals surface area contributed by atoms with Gasteiger partial charge in [-0.15, -0.1) is 0 Å². The first kappa shape index (κ1) is 12.6. The first-order valence-corrected chi connectivity index (χ1v) is 5.79. The maximum Gasteiger partial charge on any atom is 0.416 e. The fourth-order valence-electron chi connectivity index (χ4n) is 2.30. The third-order valence-electron chi connectivity index (χ3n) is 3.26. The minimum Gasteiger partial charge on any atom is -0.285 e. The molecule has 0 bridgehead atoms. The number of benzene rings is 2. The summed E-state index contributed by atoms with van der Waals surface area (Å²) < 4.78 is 38.3. The van der Waals surface area contributed by atoms with E-state index >= 15 is 0 Å². The van der Waals surface area contributed by atoms with Gasteiger partial charge in [-0.2, -0.15) is 13.2 Å². The molecular weight excluding hydrogens is 269 g/mol. The Morgan fingerprint density at radius 2 is 1.25 bits per heavy atom. The number of ketones is 2. The van der Waals surface area contributed by atoms with Gasteiger partial charge in [0.2, 0.25) is 11.6 Å². The summed E-state index contributed by atoms with van der Waals surface area (Å²) in [5.74, 6) is -1.46. The van der Waals surface area contributed by atoms with Gasteiger partial charge in [-0.1, -0.05) is 24.3 Å². The molecule has 0 aliphatic heterocycles. The topological polar surface area (TPSA) is 34.1 Å². The predicted octanol–water partition coefficient (Wildman–Crippen LogP) is 3.75. The molecule has 20 heavy (non-hydrogen) atoms. The second-order valence-corrected chi connectivity index (χ2v) is 4.46. The molecule has 100 valence electrons. The highest BCUT2D eigenvalue weighted by atomic mass is 19.4. The van der Waals surface area contributed by atoms with Crippen LogP contribution >= 0.6 is 0 Å². The van der Waals surface area contributed by atoms with Gasteiger partial charge in [0.1, 0.15) is 0 Å². The molecule has 0 saturated carbocycles. The third-order valence-corrected chi connectivity index (χ3v) is 3.26. The number of hydrogen-bond acceptors (Lipinski definition) is 2. The van der Waals surface area contributed by atoms with E-state index in [0.717, 1.165) is 18.2 Å². The minimum atomic E-state index is -4.49. The molecule has 2 aromatic carbocycles. The fraction of sp³-hybridized carbons (Fsp3) is 0.0667. The summed E-state index contributed by atoms with van der Waals surface area (Å²) in [6.45, 7) is 0. The van der Waals surface area contributed by atoms with E-state index in [1.807, 2.05) is 0 Å². The molecule has 0 radical (unpaired) electrons. The predicted molar refractivity (Wildman–Crippen MR) is 65.5 cm³/mol. The number of carbonyl (C=O) groups excluding carboxylic acids is 2. The molecule has 0 unspecified atom stereocenters. The highest BCUT2D eigenvalue weighted by Gasteiger charge is 2.35. The van der Waals surface area contributed by atoms with Crippen molar-refractivity contribution in [2.45, 2.75) is 6.18 Å². The van der Waals surface area contributed by atoms with E-state index in [9.17, 15) is 22.8 Å². The number of alkyl halides is 3.